The van der Waals surface area contributed by atoms with Crippen LogP contribution < -0.4 is 5.32 Å². The number of nitrogens with one attached hydrogen (secondary N) is 1. The number of nitrogens with zero attached hydrogens (tertiary/aromatic N) is 1. The van der Waals surface area contributed by atoms with Gasteiger partial charge in [0.2, 0.25) is 0 Å². The van der Waals surface area contributed by atoms with Crippen LogP contribution in [0.3, 0.4) is 0 Å². The van der Waals surface area contributed by atoms with Gasteiger partial charge in [-0.3, -0.25) is 10.1 Å². The van der Waals surface area contributed by atoms with Gasteiger partial charge in [-0.15, -0.1) is 0 Å². The summed E-state index contributed by atoms with van der Waals surface area (Å²) < 4.78 is 13.8. The molecule has 0 atom stereocenters. The number of rotatable bonds is 2. The average Bonchev–Trinajstić information content (AvgIpc) is 2.47. The molecule has 0 spiro atoms. The second kappa shape index (κ2) is 4.24. The molecule has 1 aliphatic heterocycles. The summed E-state index contributed by atoms with van der Waals surface area (Å²) in [5.41, 5.74) is -0.716. The Morgan fingerprint density at radius 2 is 2.06 bits per heavy atom. The Morgan fingerprint density at radius 1 is 1.39 bits per heavy atom. The normalized spacial score (nSPS) is 18.1. The number of hydrogen-bond donors (Lipinski definition) is 1. The van der Waals surface area contributed by atoms with Crippen molar-refractivity contribution in [1.29, 1.82) is 0 Å². The molecular weight excluding hydrogens is 259 g/mol. The number of urea groups is 1. The summed E-state index contributed by atoms with van der Waals surface area (Å²) >= 11 is 5.67. The highest BCUT2D eigenvalue weighted by Crippen LogP contribution is 2.26. The number of carbonyl (C=O) groups is 2. The zero-order chi connectivity index (χ0) is 13.5. The van der Waals surface area contributed by atoms with E-state index in [4.69, 9.17) is 11.6 Å². The molecule has 0 radical (unpaired) electrons. The summed E-state index contributed by atoms with van der Waals surface area (Å²) in [5, 5.41) is 2.20. The SMILES string of the molecule is CC1(C)C(=O)NC(=O)N1Cc1cccc(Cl)c1F. The lowest BCUT2D eigenvalue weighted by Crippen LogP contribution is -2.43. The maximum Gasteiger partial charge on any atom is 0.325 e. The summed E-state index contributed by atoms with van der Waals surface area (Å²) in [6.07, 6.45) is 0. The van der Waals surface area contributed by atoms with Gasteiger partial charge in [-0.25, -0.2) is 9.18 Å². The topological polar surface area (TPSA) is 49.4 Å². The van der Waals surface area contributed by atoms with Crippen molar-refractivity contribution < 1.29 is 14.0 Å². The van der Waals surface area contributed by atoms with Gasteiger partial charge in [0.05, 0.1) is 11.6 Å². The van der Waals surface area contributed by atoms with E-state index < -0.39 is 23.3 Å². The molecule has 0 bridgehead atoms. The average molecular weight is 271 g/mol. The molecule has 96 valence electrons. The van der Waals surface area contributed by atoms with E-state index in [0.717, 1.165) is 0 Å². The Labute approximate surface area is 109 Å². The number of amides is 3. The summed E-state index contributed by atoms with van der Waals surface area (Å²) in [6.45, 7) is 3.21. The van der Waals surface area contributed by atoms with Gasteiger partial charge in [-0.1, -0.05) is 23.7 Å². The molecule has 0 aliphatic carbocycles. The second-order valence-corrected chi connectivity index (χ2v) is 5.02. The van der Waals surface area contributed by atoms with Crippen LogP contribution in [0.5, 0.6) is 0 Å². The third-order valence-electron chi connectivity index (χ3n) is 3.06. The number of benzene rings is 1. The molecule has 1 aromatic carbocycles. The molecule has 1 aromatic rings. The van der Waals surface area contributed by atoms with Crippen LogP contribution in [-0.4, -0.2) is 22.4 Å². The standard InChI is InChI=1S/C12H12ClFN2O2/c1-12(2)10(17)15-11(18)16(12)6-7-4-3-5-8(13)9(7)14/h3-5H,6H2,1-2H3,(H,15,17,18). The van der Waals surface area contributed by atoms with E-state index in [9.17, 15) is 14.0 Å². The summed E-state index contributed by atoms with van der Waals surface area (Å²) in [7, 11) is 0. The van der Waals surface area contributed by atoms with Crippen molar-refractivity contribution >= 4 is 23.5 Å². The van der Waals surface area contributed by atoms with Gasteiger partial charge in [0.15, 0.2) is 0 Å². The van der Waals surface area contributed by atoms with Crippen molar-refractivity contribution in [2.45, 2.75) is 25.9 Å². The highest BCUT2D eigenvalue weighted by molar-refractivity contribution is 6.30. The van der Waals surface area contributed by atoms with Crippen molar-refractivity contribution in [2.24, 2.45) is 0 Å². The lowest BCUT2D eigenvalue weighted by atomic mass is 10.0. The highest BCUT2D eigenvalue weighted by atomic mass is 35.5. The van der Waals surface area contributed by atoms with Gasteiger partial charge in [-0.05, 0) is 19.9 Å². The quantitative estimate of drug-likeness (QED) is 0.839. The molecule has 1 N–H and O–H groups in total. The van der Waals surface area contributed by atoms with E-state index in [-0.39, 0.29) is 17.1 Å². The molecule has 1 aliphatic rings. The molecule has 0 saturated carbocycles. The molecule has 1 fully saturated rings. The summed E-state index contributed by atoms with van der Waals surface area (Å²) in [5.74, 6) is -0.961. The Morgan fingerprint density at radius 3 is 2.61 bits per heavy atom. The van der Waals surface area contributed by atoms with Crippen LogP contribution in [0, 0.1) is 5.82 Å². The van der Waals surface area contributed by atoms with E-state index >= 15 is 0 Å². The second-order valence-electron chi connectivity index (χ2n) is 4.62. The van der Waals surface area contributed by atoms with E-state index in [1.165, 1.54) is 17.0 Å². The van der Waals surface area contributed by atoms with E-state index in [0.29, 0.717) is 0 Å². The lowest BCUT2D eigenvalue weighted by molar-refractivity contribution is -0.125. The Balaban J connectivity index is 2.32. The first-order chi connectivity index (χ1) is 8.34. The predicted octanol–water partition coefficient (Wildman–Crippen LogP) is 2.31. The molecule has 4 nitrogen and oxygen atoms in total. The lowest BCUT2D eigenvalue weighted by Gasteiger charge is -2.28. The Bertz CT molecular complexity index is 531. The highest BCUT2D eigenvalue weighted by Gasteiger charge is 2.45. The van der Waals surface area contributed by atoms with Crippen molar-refractivity contribution in [3.8, 4) is 0 Å². The first kappa shape index (κ1) is 12.8. The van der Waals surface area contributed by atoms with Crippen LogP contribution in [0.2, 0.25) is 5.02 Å². The van der Waals surface area contributed by atoms with Gasteiger partial charge in [0, 0.05) is 5.56 Å². The predicted molar refractivity (Wildman–Crippen MR) is 64.6 cm³/mol. The van der Waals surface area contributed by atoms with Gasteiger partial charge in [-0.2, -0.15) is 0 Å². The van der Waals surface area contributed by atoms with Crippen LogP contribution >= 0.6 is 11.6 Å². The van der Waals surface area contributed by atoms with Crippen LogP contribution in [0.15, 0.2) is 18.2 Å². The fourth-order valence-electron chi connectivity index (χ4n) is 1.80. The summed E-state index contributed by atoms with van der Waals surface area (Å²) in [6, 6.07) is 4.04. The largest absolute Gasteiger partial charge is 0.325 e. The number of imide groups is 1. The molecule has 0 unspecified atom stereocenters. The fourth-order valence-corrected chi connectivity index (χ4v) is 2.00. The maximum absolute atomic E-state index is 13.8. The van der Waals surface area contributed by atoms with Crippen LogP contribution in [-0.2, 0) is 11.3 Å². The monoisotopic (exact) mass is 270 g/mol. The molecule has 1 saturated heterocycles. The molecule has 6 heteroatoms. The van der Waals surface area contributed by atoms with Crippen LogP contribution in [0.1, 0.15) is 19.4 Å². The Hall–Kier alpha value is -1.62. The van der Waals surface area contributed by atoms with Crippen molar-refractivity contribution in [3.63, 3.8) is 0 Å². The Kier molecular flexibility index (Phi) is 3.02. The molecule has 1 heterocycles. The molecular formula is C12H12ClFN2O2. The third-order valence-corrected chi connectivity index (χ3v) is 3.35. The van der Waals surface area contributed by atoms with Crippen LogP contribution in [0.25, 0.3) is 0 Å². The van der Waals surface area contributed by atoms with E-state index in [1.807, 2.05) is 0 Å². The van der Waals surface area contributed by atoms with Gasteiger partial charge in [0.25, 0.3) is 5.91 Å². The minimum absolute atomic E-state index is 0.00301. The molecule has 0 aromatic heterocycles. The first-order valence-corrected chi connectivity index (χ1v) is 5.78. The zero-order valence-corrected chi connectivity index (χ0v) is 10.7. The summed E-state index contributed by atoms with van der Waals surface area (Å²) in [4.78, 5) is 24.5. The minimum atomic E-state index is -0.994. The molecule has 18 heavy (non-hydrogen) atoms. The van der Waals surface area contributed by atoms with Crippen LogP contribution in [0.4, 0.5) is 9.18 Å². The third kappa shape index (κ3) is 1.95. The van der Waals surface area contributed by atoms with E-state index in [2.05, 4.69) is 5.32 Å². The van der Waals surface area contributed by atoms with E-state index in [1.54, 1.807) is 19.9 Å². The molecule has 3 amide bonds. The minimum Gasteiger partial charge on any atom is -0.306 e. The zero-order valence-electron chi connectivity index (χ0n) is 9.96. The first-order valence-electron chi connectivity index (χ1n) is 5.40. The number of carbonyl (C=O) groups excluding carboxylic acids is 2. The number of halogens is 2. The molecule has 2 rings (SSSR count). The van der Waals surface area contributed by atoms with Gasteiger partial charge >= 0.3 is 6.03 Å². The van der Waals surface area contributed by atoms with Crippen molar-refractivity contribution in [3.05, 3.63) is 34.6 Å². The van der Waals surface area contributed by atoms with Gasteiger partial charge < -0.3 is 4.90 Å². The van der Waals surface area contributed by atoms with Crippen molar-refractivity contribution in [2.75, 3.05) is 0 Å². The maximum atomic E-state index is 13.8. The number of hydrogen-bond acceptors (Lipinski definition) is 2. The smallest absolute Gasteiger partial charge is 0.306 e. The van der Waals surface area contributed by atoms with Crippen molar-refractivity contribution in [1.82, 2.24) is 10.2 Å². The fraction of sp³-hybridized carbons (Fsp3) is 0.333. The van der Waals surface area contributed by atoms with Gasteiger partial charge in [0.1, 0.15) is 11.4 Å².